The zero-order valence-electron chi connectivity index (χ0n) is 7.83. The number of aryl methyl sites for hydroxylation is 1. The van der Waals surface area contributed by atoms with Gasteiger partial charge in [0.25, 0.3) is 0 Å². The highest BCUT2D eigenvalue weighted by Gasteiger charge is 2.06. The summed E-state index contributed by atoms with van der Waals surface area (Å²) in [5, 5.41) is 0. The summed E-state index contributed by atoms with van der Waals surface area (Å²) in [4.78, 5) is 21.6. The fourth-order valence-corrected chi connectivity index (χ4v) is 1.33. The molecule has 0 amide bonds. The van der Waals surface area contributed by atoms with Gasteiger partial charge in [0.05, 0.1) is 0 Å². The van der Waals surface area contributed by atoms with Crippen LogP contribution in [0.25, 0.3) is 0 Å². The molecule has 0 fully saturated rings. The van der Waals surface area contributed by atoms with Gasteiger partial charge in [0.1, 0.15) is 12.1 Å². The normalized spacial score (nSPS) is 9.69. The first-order valence-electron chi connectivity index (χ1n) is 4.18. The zero-order chi connectivity index (χ0) is 9.84. The molecule has 0 atom stereocenters. The minimum atomic E-state index is 0.0809. The lowest BCUT2D eigenvalue weighted by Crippen LogP contribution is -2.02. The van der Waals surface area contributed by atoms with E-state index in [1.807, 2.05) is 19.1 Å². The van der Waals surface area contributed by atoms with Gasteiger partial charge in [-0.25, -0.2) is 0 Å². The Morgan fingerprint density at radius 3 is 2.69 bits per heavy atom. The quantitative estimate of drug-likeness (QED) is 0.659. The fourth-order valence-electron chi connectivity index (χ4n) is 1.33. The van der Waals surface area contributed by atoms with Gasteiger partial charge in [-0.2, -0.15) is 0 Å². The molecule has 0 aromatic heterocycles. The van der Waals surface area contributed by atoms with E-state index >= 15 is 0 Å². The van der Waals surface area contributed by atoms with E-state index < -0.39 is 0 Å². The maximum Gasteiger partial charge on any atom is 0.150 e. The molecular weight excluding hydrogens is 164 g/mol. The molecule has 0 heterocycles. The molecule has 1 aromatic carbocycles. The molecule has 0 aliphatic carbocycles. The molecule has 13 heavy (non-hydrogen) atoms. The number of rotatable bonds is 3. The van der Waals surface area contributed by atoms with Gasteiger partial charge in [0, 0.05) is 12.0 Å². The molecule has 0 saturated heterocycles. The zero-order valence-corrected chi connectivity index (χ0v) is 7.83. The average Bonchev–Trinajstić information content (AvgIpc) is 2.08. The number of benzene rings is 1. The highest BCUT2D eigenvalue weighted by atomic mass is 16.1. The van der Waals surface area contributed by atoms with Crippen LogP contribution in [0.5, 0.6) is 0 Å². The first-order valence-corrected chi connectivity index (χ1v) is 4.18. The van der Waals surface area contributed by atoms with Crippen LogP contribution in [0, 0.1) is 6.92 Å². The molecule has 0 N–H and O–H groups in total. The third-order valence-electron chi connectivity index (χ3n) is 2.00. The number of hydrogen-bond donors (Lipinski definition) is 0. The highest BCUT2D eigenvalue weighted by molar-refractivity contribution is 5.84. The molecule has 0 bridgehead atoms. The van der Waals surface area contributed by atoms with E-state index in [1.165, 1.54) is 6.92 Å². The van der Waals surface area contributed by atoms with Crippen molar-refractivity contribution in [3.63, 3.8) is 0 Å². The van der Waals surface area contributed by atoms with Crippen LogP contribution in [0.1, 0.15) is 28.4 Å². The van der Waals surface area contributed by atoms with Crippen molar-refractivity contribution < 1.29 is 9.59 Å². The van der Waals surface area contributed by atoms with Crippen LogP contribution in [0.3, 0.4) is 0 Å². The van der Waals surface area contributed by atoms with Gasteiger partial charge in [0.15, 0.2) is 0 Å². The smallest absolute Gasteiger partial charge is 0.150 e. The minimum Gasteiger partial charge on any atom is -0.300 e. The van der Waals surface area contributed by atoms with Crippen LogP contribution < -0.4 is 0 Å². The van der Waals surface area contributed by atoms with Gasteiger partial charge in [-0.1, -0.05) is 18.2 Å². The largest absolute Gasteiger partial charge is 0.300 e. The van der Waals surface area contributed by atoms with Crippen LogP contribution in [0.4, 0.5) is 0 Å². The van der Waals surface area contributed by atoms with Crippen molar-refractivity contribution in [1.29, 1.82) is 0 Å². The number of Topliss-reactive ketones (excluding diaryl/α,β-unsaturated/α-hetero) is 1. The molecule has 2 nitrogen and oxygen atoms in total. The third kappa shape index (κ3) is 2.25. The van der Waals surface area contributed by atoms with Gasteiger partial charge in [0.2, 0.25) is 0 Å². The minimum absolute atomic E-state index is 0.0809. The number of hydrogen-bond acceptors (Lipinski definition) is 2. The first-order chi connectivity index (χ1) is 6.15. The van der Waals surface area contributed by atoms with Gasteiger partial charge in [-0.05, 0) is 25.0 Å². The predicted molar refractivity (Wildman–Crippen MR) is 51.0 cm³/mol. The van der Waals surface area contributed by atoms with Crippen LogP contribution >= 0.6 is 0 Å². The van der Waals surface area contributed by atoms with Crippen molar-refractivity contribution >= 4 is 12.1 Å². The number of ketones is 1. The summed E-state index contributed by atoms with van der Waals surface area (Å²) in [6.07, 6.45) is 1.14. The molecule has 0 saturated carbocycles. The Morgan fingerprint density at radius 2 is 2.15 bits per heavy atom. The Bertz CT molecular complexity index is 340. The van der Waals surface area contributed by atoms with Crippen LogP contribution in [0.15, 0.2) is 18.2 Å². The summed E-state index contributed by atoms with van der Waals surface area (Å²) in [6, 6.07) is 5.46. The van der Waals surface area contributed by atoms with Crippen molar-refractivity contribution in [1.82, 2.24) is 0 Å². The fraction of sp³-hybridized carbons (Fsp3) is 0.273. The van der Waals surface area contributed by atoms with E-state index in [2.05, 4.69) is 0 Å². The molecule has 68 valence electrons. The van der Waals surface area contributed by atoms with Crippen LogP contribution in [0.2, 0.25) is 0 Å². The second-order valence-electron chi connectivity index (χ2n) is 3.14. The van der Waals surface area contributed by atoms with Crippen molar-refractivity contribution in [3.8, 4) is 0 Å². The predicted octanol–water partition coefficient (Wildman–Crippen LogP) is 1.94. The van der Waals surface area contributed by atoms with Gasteiger partial charge in [-0.3, -0.25) is 9.59 Å². The highest BCUT2D eigenvalue weighted by Crippen LogP contribution is 2.13. The molecule has 0 spiro atoms. The maximum atomic E-state index is 10.9. The summed E-state index contributed by atoms with van der Waals surface area (Å²) in [5.74, 6) is 0.0809. The lowest BCUT2D eigenvalue weighted by molar-refractivity contribution is -0.116. The van der Waals surface area contributed by atoms with Crippen molar-refractivity contribution in [3.05, 3.63) is 34.9 Å². The standard InChI is InChI=1S/C11H12O2/c1-8-4-3-5-10(7-12)11(8)6-9(2)13/h3-5,7H,6H2,1-2H3. The van der Waals surface area contributed by atoms with E-state index in [4.69, 9.17) is 0 Å². The van der Waals surface area contributed by atoms with Crippen molar-refractivity contribution in [2.24, 2.45) is 0 Å². The molecule has 0 aliphatic heterocycles. The van der Waals surface area contributed by atoms with Crippen molar-refractivity contribution in [2.45, 2.75) is 20.3 Å². The summed E-state index contributed by atoms with van der Waals surface area (Å²) in [6.45, 7) is 3.44. The Morgan fingerprint density at radius 1 is 1.46 bits per heavy atom. The van der Waals surface area contributed by atoms with Gasteiger partial charge < -0.3 is 0 Å². The molecule has 0 radical (unpaired) electrons. The summed E-state index contributed by atoms with van der Waals surface area (Å²) in [7, 11) is 0. The number of carbonyl (C=O) groups excluding carboxylic acids is 2. The number of aldehydes is 1. The molecule has 2 heteroatoms. The molecule has 0 unspecified atom stereocenters. The second kappa shape index (κ2) is 3.99. The average molecular weight is 176 g/mol. The second-order valence-corrected chi connectivity index (χ2v) is 3.14. The van der Waals surface area contributed by atoms with E-state index in [0.717, 1.165) is 17.4 Å². The summed E-state index contributed by atoms with van der Waals surface area (Å²) < 4.78 is 0. The first kappa shape index (κ1) is 9.65. The Hall–Kier alpha value is -1.44. The van der Waals surface area contributed by atoms with E-state index in [9.17, 15) is 9.59 Å². The lowest BCUT2D eigenvalue weighted by Gasteiger charge is -2.05. The Balaban J connectivity index is 3.14. The molecular formula is C11H12O2. The Kier molecular flexibility index (Phi) is 2.96. The van der Waals surface area contributed by atoms with Gasteiger partial charge >= 0.3 is 0 Å². The van der Waals surface area contributed by atoms with E-state index in [-0.39, 0.29) is 5.78 Å². The third-order valence-corrected chi connectivity index (χ3v) is 2.00. The maximum absolute atomic E-state index is 10.9. The monoisotopic (exact) mass is 176 g/mol. The lowest BCUT2D eigenvalue weighted by atomic mass is 9.98. The van der Waals surface area contributed by atoms with Gasteiger partial charge in [-0.15, -0.1) is 0 Å². The van der Waals surface area contributed by atoms with Crippen LogP contribution in [-0.2, 0) is 11.2 Å². The summed E-state index contributed by atoms with van der Waals surface area (Å²) >= 11 is 0. The van der Waals surface area contributed by atoms with E-state index in [0.29, 0.717) is 12.0 Å². The van der Waals surface area contributed by atoms with Crippen molar-refractivity contribution in [2.75, 3.05) is 0 Å². The van der Waals surface area contributed by atoms with E-state index in [1.54, 1.807) is 6.07 Å². The molecule has 1 rings (SSSR count). The Labute approximate surface area is 77.6 Å². The topological polar surface area (TPSA) is 34.1 Å². The SMILES string of the molecule is CC(=O)Cc1c(C)cccc1C=O. The van der Waals surface area contributed by atoms with Crippen LogP contribution in [-0.4, -0.2) is 12.1 Å². The molecule has 0 aliphatic rings. The molecule has 1 aromatic rings. The summed E-state index contributed by atoms with van der Waals surface area (Å²) in [5.41, 5.74) is 2.47. The number of carbonyl (C=O) groups is 2.